The molecule has 0 radical (unpaired) electrons. The monoisotopic (exact) mass is 468 g/mol. The molecule has 0 N–H and O–H groups in total. The summed E-state index contributed by atoms with van der Waals surface area (Å²) in [5.41, 5.74) is 4.02. The molecule has 1 fully saturated rings. The predicted molar refractivity (Wildman–Crippen MR) is 134 cm³/mol. The summed E-state index contributed by atoms with van der Waals surface area (Å²) in [6.45, 7) is 15.4. The lowest BCUT2D eigenvalue weighted by Gasteiger charge is -2.41. The highest BCUT2D eigenvalue weighted by Gasteiger charge is 2.30. The van der Waals surface area contributed by atoms with Crippen LogP contribution < -0.4 is 0 Å². The van der Waals surface area contributed by atoms with Gasteiger partial charge in [0, 0.05) is 50.6 Å². The van der Waals surface area contributed by atoms with Crippen LogP contribution in [0.4, 0.5) is 13.2 Å². The fourth-order valence-electron chi connectivity index (χ4n) is 4.24. The molecule has 4 nitrogen and oxygen atoms in total. The van der Waals surface area contributed by atoms with Crippen molar-refractivity contribution in [2.45, 2.75) is 32.6 Å². The van der Waals surface area contributed by atoms with Crippen LogP contribution >= 0.6 is 0 Å². The van der Waals surface area contributed by atoms with Gasteiger partial charge < -0.3 is 9.80 Å². The summed E-state index contributed by atoms with van der Waals surface area (Å²) in [7, 11) is 1.94. The van der Waals surface area contributed by atoms with Gasteiger partial charge in [0.05, 0.1) is 5.70 Å². The Morgan fingerprint density at radius 3 is 2.82 bits per heavy atom. The summed E-state index contributed by atoms with van der Waals surface area (Å²) in [5.74, 6) is -3.01. The van der Waals surface area contributed by atoms with E-state index in [1.165, 1.54) is 0 Å². The fraction of sp³-hybridized carbons (Fsp3) is 0.333. The Morgan fingerprint density at radius 1 is 1.32 bits per heavy atom. The normalized spacial score (nSPS) is 22.3. The van der Waals surface area contributed by atoms with Crippen molar-refractivity contribution in [1.29, 1.82) is 0 Å². The first-order valence-electron chi connectivity index (χ1n) is 11.3. The average molecular weight is 469 g/mol. The Labute approximate surface area is 200 Å². The number of piperidine rings is 1. The third kappa shape index (κ3) is 5.58. The highest BCUT2D eigenvalue weighted by atomic mass is 19.2. The minimum Gasteiger partial charge on any atom is -0.342 e. The number of hydrogen-bond acceptors (Lipinski definition) is 4. The van der Waals surface area contributed by atoms with Crippen LogP contribution in [0.1, 0.15) is 32.6 Å². The van der Waals surface area contributed by atoms with E-state index in [4.69, 9.17) is 4.99 Å². The fourth-order valence-corrected chi connectivity index (χ4v) is 4.24. The van der Waals surface area contributed by atoms with Gasteiger partial charge in [-0.3, -0.25) is 4.99 Å². The van der Waals surface area contributed by atoms with Crippen LogP contribution in [0, 0.1) is 5.92 Å². The molecule has 3 aliphatic rings. The van der Waals surface area contributed by atoms with Crippen LogP contribution in [0.3, 0.4) is 0 Å². The number of halogens is 3. The van der Waals surface area contributed by atoms with E-state index >= 15 is 0 Å². The molecule has 0 aromatic carbocycles. The Morgan fingerprint density at radius 2 is 2.09 bits per heavy atom. The van der Waals surface area contributed by atoms with Gasteiger partial charge in [0.25, 0.3) is 0 Å². The van der Waals surface area contributed by atoms with E-state index in [0.29, 0.717) is 24.1 Å². The summed E-state index contributed by atoms with van der Waals surface area (Å²) in [6.07, 6.45) is 11.5. The van der Waals surface area contributed by atoms with Crippen LogP contribution in [0.2, 0.25) is 0 Å². The lowest BCUT2D eigenvalue weighted by atomic mass is 9.85. The Hall–Kier alpha value is -3.35. The molecule has 2 aliphatic heterocycles. The molecule has 0 spiro atoms. The van der Waals surface area contributed by atoms with E-state index in [9.17, 15) is 13.2 Å². The molecule has 1 saturated heterocycles. The lowest BCUT2D eigenvalue weighted by molar-refractivity contribution is 0.263. The zero-order valence-electron chi connectivity index (χ0n) is 19.8. The zero-order valence-corrected chi connectivity index (χ0v) is 19.8. The Balaban J connectivity index is 1.80. The van der Waals surface area contributed by atoms with Crippen molar-refractivity contribution >= 4 is 12.2 Å². The van der Waals surface area contributed by atoms with Gasteiger partial charge in [0.15, 0.2) is 17.5 Å². The minimum absolute atomic E-state index is 0.0124. The molecule has 0 bridgehead atoms. The van der Waals surface area contributed by atoms with E-state index in [2.05, 4.69) is 29.6 Å². The van der Waals surface area contributed by atoms with E-state index in [-0.39, 0.29) is 12.3 Å². The van der Waals surface area contributed by atoms with Crippen molar-refractivity contribution < 1.29 is 13.2 Å². The first kappa shape index (κ1) is 25.3. The molecule has 7 heteroatoms. The van der Waals surface area contributed by atoms with Crippen molar-refractivity contribution in [3.8, 4) is 0 Å². The molecule has 0 amide bonds. The van der Waals surface area contributed by atoms with Crippen LogP contribution in [0.15, 0.2) is 106 Å². The highest BCUT2D eigenvalue weighted by Crippen LogP contribution is 2.35. The average Bonchev–Trinajstić information content (AvgIpc) is 2.96. The van der Waals surface area contributed by atoms with Gasteiger partial charge >= 0.3 is 0 Å². The zero-order chi connectivity index (χ0) is 24.8. The number of guanidine groups is 1. The molecular weight excluding hydrogens is 437 g/mol. The van der Waals surface area contributed by atoms with Crippen LogP contribution in [-0.4, -0.2) is 42.1 Å². The first-order chi connectivity index (χ1) is 16.2. The second-order valence-electron chi connectivity index (χ2n) is 8.51. The van der Waals surface area contributed by atoms with Gasteiger partial charge in [-0.15, -0.1) is 0 Å². The number of aliphatic imine (C=N–C) groups is 2. The molecule has 1 unspecified atom stereocenters. The second-order valence-corrected chi connectivity index (χ2v) is 8.51. The molecule has 3 rings (SSSR count). The van der Waals surface area contributed by atoms with Gasteiger partial charge in [-0.25, -0.2) is 18.2 Å². The largest absolute Gasteiger partial charge is 0.342 e. The van der Waals surface area contributed by atoms with E-state index in [1.54, 1.807) is 18.5 Å². The predicted octanol–water partition coefficient (Wildman–Crippen LogP) is 6.84. The van der Waals surface area contributed by atoms with Gasteiger partial charge in [0.1, 0.15) is 0 Å². The number of hydrogen-bond donors (Lipinski definition) is 0. The van der Waals surface area contributed by atoms with Crippen LogP contribution in [-0.2, 0) is 0 Å². The van der Waals surface area contributed by atoms with Gasteiger partial charge in [-0.05, 0) is 55.1 Å². The number of likely N-dealkylation sites (tertiary alicyclic amines) is 1. The summed E-state index contributed by atoms with van der Waals surface area (Å²) in [6, 6.07) is 0. The van der Waals surface area contributed by atoms with E-state index < -0.39 is 17.5 Å². The quantitative estimate of drug-likeness (QED) is 0.400. The SMILES string of the molecule is C=CC=N/C=C\CC1=C(C)C(=C)N(C)C(N2CCCC(C(=C)C3=CC(F)=C(F)C(F)=CC3)C2)=N1. The van der Waals surface area contributed by atoms with Crippen LogP contribution in [0.5, 0.6) is 0 Å². The number of nitrogens with zero attached hydrogens (tertiary/aromatic N) is 4. The first-order valence-corrected chi connectivity index (χ1v) is 11.3. The smallest absolute Gasteiger partial charge is 0.205 e. The number of rotatable bonds is 6. The molecule has 1 aliphatic carbocycles. The van der Waals surface area contributed by atoms with Crippen molar-refractivity contribution in [2.24, 2.45) is 15.9 Å². The Bertz CT molecular complexity index is 1090. The molecule has 1 atom stereocenters. The molecule has 0 saturated carbocycles. The van der Waals surface area contributed by atoms with Crippen molar-refractivity contribution in [3.63, 3.8) is 0 Å². The number of likely N-dealkylation sites (N-methyl/N-ethyl adjacent to an activating group) is 1. The van der Waals surface area contributed by atoms with Crippen molar-refractivity contribution in [2.75, 3.05) is 20.1 Å². The third-order valence-corrected chi connectivity index (χ3v) is 6.33. The summed E-state index contributed by atoms with van der Waals surface area (Å²) in [5, 5.41) is 0. The third-order valence-electron chi connectivity index (χ3n) is 6.33. The van der Waals surface area contributed by atoms with Crippen molar-refractivity contribution in [3.05, 3.63) is 95.8 Å². The maximum atomic E-state index is 14.0. The maximum absolute atomic E-state index is 14.0. The van der Waals surface area contributed by atoms with E-state index in [0.717, 1.165) is 54.5 Å². The summed E-state index contributed by atoms with van der Waals surface area (Å²) in [4.78, 5) is 13.2. The van der Waals surface area contributed by atoms with Gasteiger partial charge in [-0.2, -0.15) is 0 Å². The van der Waals surface area contributed by atoms with Gasteiger partial charge in [-0.1, -0.05) is 31.9 Å². The minimum atomic E-state index is -1.45. The molecule has 34 heavy (non-hydrogen) atoms. The van der Waals surface area contributed by atoms with Gasteiger partial charge in [0.2, 0.25) is 5.96 Å². The standard InChI is InChI=1S/C27H31F3N4/c1-6-13-31-14-7-10-25-18(2)20(4)33(5)27(32-25)34-15-8-9-22(17-34)19(3)21-11-12-23(28)26(30)24(29)16-21/h6-7,12-14,16,22H,1,3-4,8-11,15,17H2,2,5H3/b14-7-,31-13?. The van der Waals surface area contributed by atoms with Crippen LogP contribution in [0.25, 0.3) is 0 Å². The highest BCUT2D eigenvalue weighted by molar-refractivity contribution is 5.85. The van der Waals surface area contributed by atoms with Crippen molar-refractivity contribution in [1.82, 2.24) is 9.80 Å². The summed E-state index contributed by atoms with van der Waals surface area (Å²) < 4.78 is 41.3. The molecule has 180 valence electrons. The molecule has 2 heterocycles. The molecular formula is C27H31F3N4. The lowest BCUT2D eigenvalue weighted by Crippen LogP contribution is -2.48. The summed E-state index contributed by atoms with van der Waals surface area (Å²) >= 11 is 0. The molecule has 0 aromatic heterocycles. The second kappa shape index (κ2) is 11.2. The topological polar surface area (TPSA) is 31.2 Å². The Kier molecular flexibility index (Phi) is 8.31. The van der Waals surface area contributed by atoms with E-state index in [1.807, 2.05) is 24.9 Å². The molecule has 0 aromatic rings. The number of allylic oxidation sites excluding steroid dienone is 9. The maximum Gasteiger partial charge on any atom is 0.205 e.